The Morgan fingerprint density at radius 1 is 1.24 bits per heavy atom. The molecule has 0 saturated heterocycles. The van der Waals surface area contributed by atoms with Crippen molar-refractivity contribution >= 4 is 33.5 Å². The van der Waals surface area contributed by atoms with Crippen LogP contribution in [0.25, 0.3) is 15.9 Å². The van der Waals surface area contributed by atoms with E-state index >= 15 is 0 Å². The van der Waals surface area contributed by atoms with E-state index in [0.29, 0.717) is 5.69 Å². The van der Waals surface area contributed by atoms with Crippen LogP contribution in [0.15, 0.2) is 24.3 Å². The molecule has 0 radical (unpaired) electrons. The Labute approximate surface area is 123 Å². The largest absolute Gasteiger partial charge is 0.475 e. The molecule has 6 nitrogen and oxygen atoms in total. The number of nitrogens with zero attached hydrogens (tertiary/aromatic N) is 3. The Morgan fingerprint density at radius 3 is 2.71 bits per heavy atom. The smallest absolute Gasteiger partial charge is 0.377 e. The number of hydrogen-bond donors (Lipinski definition) is 1. The van der Waals surface area contributed by atoms with Gasteiger partial charge in [-0.3, -0.25) is 4.79 Å². The third kappa shape index (κ3) is 2.11. The number of hydrogen-bond acceptors (Lipinski definition) is 5. The number of ketones is 1. The molecule has 106 valence electrons. The molecule has 0 aliphatic carbocycles. The molecule has 0 aliphatic heterocycles. The van der Waals surface area contributed by atoms with Crippen molar-refractivity contribution in [2.75, 3.05) is 0 Å². The van der Waals surface area contributed by atoms with Gasteiger partial charge in [0, 0.05) is 17.1 Å². The topological polar surface area (TPSA) is 85.1 Å². The molecule has 2 heterocycles. The summed E-state index contributed by atoms with van der Waals surface area (Å²) in [5.41, 5.74) is 3.20. The number of aromatic nitrogens is 3. The summed E-state index contributed by atoms with van der Waals surface area (Å²) in [6.45, 7) is 3.56. The summed E-state index contributed by atoms with van der Waals surface area (Å²) in [4.78, 5) is 22.6. The highest BCUT2D eigenvalue weighted by molar-refractivity contribution is 7.12. The molecule has 3 aromatic rings. The third-order valence-corrected chi connectivity index (χ3v) is 4.06. The standard InChI is InChI=1S/C14H11N3O3S/c1-7-5-10(13(18)14(19)20)8(2)17(7)9-3-4-12-11(6-9)15-16-21-12/h3-6H,1-2H3,(H,19,20). The van der Waals surface area contributed by atoms with Crippen molar-refractivity contribution in [1.82, 2.24) is 14.2 Å². The molecule has 21 heavy (non-hydrogen) atoms. The zero-order valence-electron chi connectivity index (χ0n) is 11.3. The number of carbonyl (C=O) groups is 2. The second kappa shape index (κ2) is 4.78. The van der Waals surface area contributed by atoms with E-state index in [-0.39, 0.29) is 5.56 Å². The van der Waals surface area contributed by atoms with Gasteiger partial charge in [0.05, 0.1) is 10.3 Å². The summed E-state index contributed by atoms with van der Waals surface area (Å²) in [6, 6.07) is 7.27. The fourth-order valence-electron chi connectivity index (χ4n) is 2.41. The average Bonchev–Trinajstić information content (AvgIpc) is 3.01. The Morgan fingerprint density at radius 2 is 2.00 bits per heavy atom. The lowest BCUT2D eigenvalue weighted by atomic mass is 10.1. The zero-order valence-corrected chi connectivity index (χ0v) is 12.1. The summed E-state index contributed by atoms with van der Waals surface area (Å²) >= 11 is 1.31. The van der Waals surface area contributed by atoms with Crippen molar-refractivity contribution in [3.63, 3.8) is 0 Å². The van der Waals surface area contributed by atoms with Crippen LogP contribution in [0.2, 0.25) is 0 Å². The van der Waals surface area contributed by atoms with Gasteiger partial charge >= 0.3 is 5.97 Å². The summed E-state index contributed by atoms with van der Waals surface area (Å²) in [5, 5.41) is 12.9. The first-order valence-corrected chi connectivity index (χ1v) is 6.95. The van der Waals surface area contributed by atoms with Gasteiger partial charge in [0.15, 0.2) is 0 Å². The number of fused-ring (bicyclic) bond motifs is 1. The van der Waals surface area contributed by atoms with Gasteiger partial charge in [-0.25, -0.2) is 4.79 Å². The van der Waals surface area contributed by atoms with E-state index in [1.54, 1.807) is 13.0 Å². The minimum Gasteiger partial charge on any atom is -0.475 e. The molecule has 0 bridgehead atoms. The Kier molecular flexibility index (Phi) is 3.06. The van der Waals surface area contributed by atoms with Crippen molar-refractivity contribution < 1.29 is 14.7 Å². The van der Waals surface area contributed by atoms with E-state index in [9.17, 15) is 9.59 Å². The molecule has 0 amide bonds. The van der Waals surface area contributed by atoms with Crippen LogP contribution in [0.4, 0.5) is 0 Å². The molecule has 0 aliphatic rings. The lowest BCUT2D eigenvalue weighted by molar-refractivity contribution is -0.131. The van der Waals surface area contributed by atoms with Gasteiger partial charge in [0.1, 0.15) is 5.52 Å². The summed E-state index contributed by atoms with van der Waals surface area (Å²) in [6.07, 6.45) is 0. The van der Waals surface area contributed by atoms with E-state index in [1.165, 1.54) is 11.5 Å². The maximum Gasteiger partial charge on any atom is 0.377 e. The number of benzene rings is 1. The predicted molar refractivity (Wildman–Crippen MR) is 78.2 cm³/mol. The monoisotopic (exact) mass is 301 g/mol. The molecule has 0 spiro atoms. The highest BCUT2D eigenvalue weighted by atomic mass is 32.1. The number of aliphatic carboxylic acids is 1. The fraction of sp³-hybridized carbons (Fsp3) is 0.143. The van der Waals surface area contributed by atoms with Crippen LogP contribution in [-0.4, -0.2) is 31.0 Å². The number of carboxylic acid groups (broad SMARTS) is 1. The molecule has 3 rings (SSSR count). The van der Waals surface area contributed by atoms with Crippen LogP contribution in [-0.2, 0) is 4.79 Å². The summed E-state index contributed by atoms with van der Waals surface area (Å²) in [5.74, 6) is -2.35. The van der Waals surface area contributed by atoms with Gasteiger partial charge in [-0.15, -0.1) is 5.10 Å². The number of aryl methyl sites for hydroxylation is 1. The lowest BCUT2D eigenvalue weighted by Gasteiger charge is -2.09. The van der Waals surface area contributed by atoms with E-state index in [0.717, 1.165) is 21.6 Å². The van der Waals surface area contributed by atoms with Crippen LogP contribution in [0, 0.1) is 13.8 Å². The predicted octanol–water partition coefficient (Wildman–Crippen LogP) is 2.37. The molecule has 2 aromatic heterocycles. The Bertz CT molecular complexity index is 879. The Hall–Kier alpha value is -2.54. The number of Topliss-reactive ketones (excluding diaryl/α,β-unsaturated/α-hetero) is 1. The molecular weight excluding hydrogens is 290 g/mol. The number of rotatable bonds is 3. The molecule has 0 unspecified atom stereocenters. The number of carboxylic acids is 1. The zero-order chi connectivity index (χ0) is 15.1. The van der Waals surface area contributed by atoms with E-state index in [1.807, 2.05) is 29.7 Å². The minimum atomic E-state index is -1.45. The van der Waals surface area contributed by atoms with Gasteiger partial charge in [-0.2, -0.15) is 0 Å². The molecular formula is C14H11N3O3S. The van der Waals surface area contributed by atoms with Crippen molar-refractivity contribution in [3.05, 3.63) is 41.2 Å². The van der Waals surface area contributed by atoms with E-state index < -0.39 is 11.8 Å². The highest BCUT2D eigenvalue weighted by Crippen LogP contribution is 2.24. The quantitative estimate of drug-likeness (QED) is 0.593. The van der Waals surface area contributed by atoms with Crippen LogP contribution >= 0.6 is 11.5 Å². The van der Waals surface area contributed by atoms with Crippen LogP contribution < -0.4 is 0 Å². The van der Waals surface area contributed by atoms with Crippen molar-refractivity contribution in [1.29, 1.82) is 0 Å². The SMILES string of the molecule is Cc1cc(C(=O)C(=O)O)c(C)n1-c1ccc2snnc2c1. The maximum absolute atomic E-state index is 11.7. The van der Waals surface area contributed by atoms with Crippen LogP contribution in [0.5, 0.6) is 0 Å². The fourth-order valence-corrected chi connectivity index (χ4v) is 2.95. The Balaban J connectivity index is 2.18. The van der Waals surface area contributed by atoms with Crippen LogP contribution in [0.1, 0.15) is 21.7 Å². The molecule has 0 fully saturated rings. The van der Waals surface area contributed by atoms with Crippen molar-refractivity contribution in [2.24, 2.45) is 0 Å². The normalized spacial score (nSPS) is 11.0. The summed E-state index contributed by atoms with van der Waals surface area (Å²) < 4.78 is 6.71. The summed E-state index contributed by atoms with van der Waals surface area (Å²) in [7, 11) is 0. The first-order chi connectivity index (χ1) is 9.99. The molecule has 0 saturated carbocycles. The molecule has 1 N–H and O–H groups in total. The molecule has 0 atom stereocenters. The molecule has 1 aromatic carbocycles. The van der Waals surface area contributed by atoms with Crippen molar-refractivity contribution in [2.45, 2.75) is 13.8 Å². The minimum absolute atomic E-state index is 0.205. The van der Waals surface area contributed by atoms with E-state index in [2.05, 4.69) is 9.59 Å². The van der Waals surface area contributed by atoms with Gasteiger partial charge in [-0.05, 0) is 49.6 Å². The first kappa shape index (κ1) is 13.4. The first-order valence-electron chi connectivity index (χ1n) is 6.18. The average molecular weight is 301 g/mol. The van der Waals surface area contributed by atoms with Gasteiger partial charge < -0.3 is 9.67 Å². The highest BCUT2D eigenvalue weighted by Gasteiger charge is 2.21. The second-order valence-electron chi connectivity index (χ2n) is 4.68. The second-order valence-corrected chi connectivity index (χ2v) is 5.47. The van der Waals surface area contributed by atoms with Gasteiger partial charge in [-0.1, -0.05) is 4.49 Å². The van der Waals surface area contributed by atoms with Crippen molar-refractivity contribution in [3.8, 4) is 5.69 Å². The third-order valence-electron chi connectivity index (χ3n) is 3.36. The van der Waals surface area contributed by atoms with Gasteiger partial charge in [0.2, 0.25) is 0 Å². The van der Waals surface area contributed by atoms with Gasteiger partial charge in [0.25, 0.3) is 5.78 Å². The number of carbonyl (C=O) groups excluding carboxylic acids is 1. The van der Waals surface area contributed by atoms with E-state index in [4.69, 9.17) is 5.11 Å². The lowest BCUT2D eigenvalue weighted by Crippen LogP contribution is -2.13. The molecule has 7 heteroatoms. The van der Waals surface area contributed by atoms with Crippen LogP contribution in [0.3, 0.4) is 0 Å². The maximum atomic E-state index is 11.7.